The molecule has 0 atom stereocenters. The molecule has 10 heteroatoms. The zero-order valence-corrected chi connectivity index (χ0v) is 23.5. The van der Waals surface area contributed by atoms with E-state index >= 15 is 0 Å². The van der Waals surface area contributed by atoms with Crippen LogP contribution in [0, 0.1) is 11.3 Å². The highest BCUT2D eigenvalue weighted by Gasteiger charge is 2.36. The minimum atomic E-state index is -1.10. The molecule has 0 radical (unpaired) electrons. The van der Waals surface area contributed by atoms with Gasteiger partial charge in [0.15, 0.2) is 0 Å². The summed E-state index contributed by atoms with van der Waals surface area (Å²) >= 11 is 0. The molecule has 0 amide bonds. The number of para-hydroxylation sites is 2. The number of hydrogen-bond acceptors (Lipinski definition) is 10. The maximum Gasteiger partial charge on any atom is 0.341 e. The minimum Gasteiger partial charge on any atom is -0.465 e. The number of rotatable bonds is 14. The topological polar surface area (TPSA) is 132 Å². The second-order valence-corrected chi connectivity index (χ2v) is 9.31. The van der Waals surface area contributed by atoms with Gasteiger partial charge in [-0.15, -0.1) is 0 Å². The largest absolute Gasteiger partial charge is 0.465 e. The predicted octanol–water partition coefficient (Wildman–Crippen LogP) is 4.93. The molecule has 0 bridgehead atoms. The molecular weight excluding hydrogens is 520 g/mol. The zero-order valence-electron chi connectivity index (χ0n) is 23.5. The number of carbonyl (C=O) groups excluding carboxylic acids is 5. The summed E-state index contributed by atoms with van der Waals surface area (Å²) in [7, 11) is 0. The van der Waals surface area contributed by atoms with Crippen LogP contribution in [-0.4, -0.2) is 49.7 Å². The third kappa shape index (κ3) is 9.21. The molecule has 0 N–H and O–H groups in total. The average Bonchev–Trinajstić information content (AvgIpc) is 2.93. The van der Waals surface area contributed by atoms with Crippen molar-refractivity contribution in [2.75, 3.05) is 19.8 Å². The third-order valence-electron chi connectivity index (χ3n) is 6.33. The summed E-state index contributed by atoms with van der Waals surface area (Å²) in [6, 6.07) is 12.2. The smallest absolute Gasteiger partial charge is 0.341 e. The Balaban J connectivity index is 2.27. The second kappa shape index (κ2) is 15.4. The van der Waals surface area contributed by atoms with E-state index in [0.717, 1.165) is 0 Å². The fraction of sp³-hybridized carbons (Fsp3) is 0.433. The van der Waals surface area contributed by atoms with E-state index in [1.54, 1.807) is 31.2 Å². The lowest BCUT2D eigenvalue weighted by molar-refractivity contribution is -0.155. The van der Waals surface area contributed by atoms with Crippen molar-refractivity contribution < 1.29 is 47.7 Å². The zero-order chi connectivity index (χ0) is 29.7. The fourth-order valence-electron chi connectivity index (χ4n) is 3.75. The summed E-state index contributed by atoms with van der Waals surface area (Å²) in [4.78, 5) is 61.5. The van der Waals surface area contributed by atoms with Crippen LogP contribution in [0.4, 0.5) is 0 Å². The van der Waals surface area contributed by atoms with E-state index in [1.165, 1.54) is 38.1 Å². The standard InChI is InChI=1S/C30H36O10/c1-6-22(7-2)27(33)36-17-30(8-3,18-37-28(34)23-13-9-11-15-25(23)39-20(4)31)19-38-29(35)24-14-10-12-16-26(24)40-21(5)32/h9-16,22H,6-8,17-19H2,1-5H3. The predicted molar refractivity (Wildman–Crippen MR) is 144 cm³/mol. The van der Waals surface area contributed by atoms with Crippen molar-refractivity contribution in [1.82, 2.24) is 0 Å². The summed E-state index contributed by atoms with van der Waals surface area (Å²) in [5.74, 6) is -3.37. The van der Waals surface area contributed by atoms with Gasteiger partial charge in [-0.3, -0.25) is 14.4 Å². The van der Waals surface area contributed by atoms with Crippen molar-refractivity contribution in [1.29, 1.82) is 0 Å². The van der Waals surface area contributed by atoms with Crippen LogP contribution in [0.3, 0.4) is 0 Å². The van der Waals surface area contributed by atoms with Gasteiger partial charge in [0.25, 0.3) is 0 Å². The van der Waals surface area contributed by atoms with Gasteiger partial charge in [-0.2, -0.15) is 0 Å². The van der Waals surface area contributed by atoms with Crippen LogP contribution in [0.5, 0.6) is 11.5 Å². The molecule has 0 aliphatic rings. The first kappa shape index (κ1) is 32.0. The molecule has 0 heterocycles. The van der Waals surface area contributed by atoms with Crippen LogP contribution in [-0.2, 0) is 28.6 Å². The van der Waals surface area contributed by atoms with E-state index in [4.69, 9.17) is 23.7 Å². The Kier molecular flexibility index (Phi) is 12.3. The third-order valence-corrected chi connectivity index (χ3v) is 6.33. The lowest BCUT2D eigenvalue weighted by Gasteiger charge is -2.31. The minimum absolute atomic E-state index is 0.0315. The SMILES string of the molecule is CCC(CC)C(=O)OCC(CC)(COC(=O)c1ccccc1OC(C)=O)COC(=O)c1ccccc1OC(C)=O. The Morgan fingerprint density at radius 2 is 1.05 bits per heavy atom. The molecule has 0 aromatic heterocycles. The van der Waals surface area contributed by atoms with Crippen LogP contribution in [0.25, 0.3) is 0 Å². The molecule has 2 aromatic rings. The number of esters is 5. The van der Waals surface area contributed by atoms with Crippen molar-refractivity contribution in [3.63, 3.8) is 0 Å². The van der Waals surface area contributed by atoms with Gasteiger partial charge >= 0.3 is 29.8 Å². The van der Waals surface area contributed by atoms with Gasteiger partial charge in [0.2, 0.25) is 0 Å². The maximum atomic E-state index is 13.0. The van der Waals surface area contributed by atoms with Crippen LogP contribution < -0.4 is 9.47 Å². The molecule has 0 fully saturated rings. The van der Waals surface area contributed by atoms with Gasteiger partial charge in [-0.1, -0.05) is 45.0 Å². The number of ether oxygens (including phenoxy) is 5. The van der Waals surface area contributed by atoms with Gasteiger partial charge in [0.1, 0.15) is 42.4 Å². The first-order chi connectivity index (χ1) is 19.1. The van der Waals surface area contributed by atoms with Crippen LogP contribution >= 0.6 is 0 Å². The summed E-state index contributed by atoms with van der Waals surface area (Å²) in [6.07, 6.45) is 1.50. The van der Waals surface area contributed by atoms with E-state index in [9.17, 15) is 24.0 Å². The number of benzene rings is 2. The summed E-state index contributed by atoms with van der Waals surface area (Å²) in [5, 5.41) is 0. The second-order valence-electron chi connectivity index (χ2n) is 9.31. The molecule has 40 heavy (non-hydrogen) atoms. The van der Waals surface area contributed by atoms with Crippen LogP contribution in [0.2, 0.25) is 0 Å². The molecule has 0 saturated carbocycles. The summed E-state index contributed by atoms with van der Waals surface area (Å²) < 4.78 is 27.0. The number of carbonyl (C=O) groups is 5. The Morgan fingerprint density at radius 1 is 0.650 bits per heavy atom. The Morgan fingerprint density at radius 3 is 1.43 bits per heavy atom. The molecule has 10 nitrogen and oxygen atoms in total. The van der Waals surface area contributed by atoms with Crippen LogP contribution in [0.15, 0.2) is 48.5 Å². The number of hydrogen-bond donors (Lipinski definition) is 0. The van der Waals surface area contributed by atoms with E-state index < -0.39 is 35.3 Å². The first-order valence-corrected chi connectivity index (χ1v) is 13.1. The van der Waals surface area contributed by atoms with E-state index in [0.29, 0.717) is 19.3 Å². The Bertz CT molecular complexity index is 1120. The fourth-order valence-corrected chi connectivity index (χ4v) is 3.75. The molecule has 0 aliphatic heterocycles. The highest BCUT2D eigenvalue weighted by atomic mass is 16.6. The Hall–Kier alpha value is -4.21. The Labute approximate surface area is 233 Å². The molecule has 0 unspecified atom stereocenters. The van der Waals surface area contributed by atoms with Gasteiger partial charge in [0, 0.05) is 13.8 Å². The van der Waals surface area contributed by atoms with Crippen molar-refractivity contribution in [3.05, 3.63) is 59.7 Å². The van der Waals surface area contributed by atoms with Crippen molar-refractivity contribution >= 4 is 29.8 Å². The lowest BCUT2D eigenvalue weighted by atomic mass is 9.87. The molecule has 2 aromatic carbocycles. The molecule has 0 saturated heterocycles. The summed E-state index contributed by atoms with van der Waals surface area (Å²) in [5.41, 5.74) is -1.03. The molecule has 216 valence electrons. The molecule has 0 spiro atoms. The van der Waals surface area contributed by atoms with E-state index in [1.807, 2.05) is 13.8 Å². The molecule has 0 aliphatic carbocycles. The molecular formula is C30H36O10. The van der Waals surface area contributed by atoms with Gasteiger partial charge in [-0.25, -0.2) is 9.59 Å². The highest BCUT2D eigenvalue weighted by molar-refractivity contribution is 5.94. The van der Waals surface area contributed by atoms with Crippen LogP contribution in [0.1, 0.15) is 74.6 Å². The van der Waals surface area contributed by atoms with Gasteiger partial charge < -0.3 is 23.7 Å². The lowest BCUT2D eigenvalue weighted by Crippen LogP contribution is -2.39. The molecule has 2 rings (SSSR count). The quantitative estimate of drug-likeness (QED) is 0.179. The average molecular weight is 557 g/mol. The van der Waals surface area contributed by atoms with Crippen molar-refractivity contribution in [2.45, 2.75) is 53.9 Å². The summed E-state index contributed by atoms with van der Waals surface area (Å²) in [6.45, 7) is 7.25. The van der Waals surface area contributed by atoms with Gasteiger partial charge in [-0.05, 0) is 43.5 Å². The first-order valence-electron chi connectivity index (χ1n) is 13.1. The van der Waals surface area contributed by atoms with Crippen molar-refractivity contribution in [2.24, 2.45) is 11.3 Å². The van der Waals surface area contributed by atoms with Gasteiger partial charge in [0.05, 0.1) is 11.3 Å². The van der Waals surface area contributed by atoms with E-state index in [2.05, 4.69) is 0 Å². The monoisotopic (exact) mass is 556 g/mol. The van der Waals surface area contributed by atoms with Crippen molar-refractivity contribution in [3.8, 4) is 11.5 Å². The normalized spacial score (nSPS) is 10.9. The van der Waals surface area contributed by atoms with E-state index in [-0.39, 0.29) is 48.4 Å². The highest BCUT2D eigenvalue weighted by Crippen LogP contribution is 2.28. The maximum absolute atomic E-state index is 13.0.